The van der Waals surface area contributed by atoms with E-state index in [9.17, 15) is 4.79 Å². The van der Waals surface area contributed by atoms with Crippen LogP contribution in [0.4, 0.5) is 0 Å². The third-order valence-electron chi connectivity index (χ3n) is 4.27. The van der Waals surface area contributed by atoms with Crippen molar-refractivity contribution < 1.29 is 14.3 Å². The van der Waals surface area contributed by atoms with E-state index in [2.05, 4.69) is 24.3 Å². The van der Waals surface area contributed by atoms with E-state index >= 15 is 0 Å². The molecular weight excluding hydrogens is 252 g/mol. The van der Waals surface area contributed by atoms with Gasteiger partial charge in [0.2, 0.25) is 0 Å². The summed E-state index contributed by atoms with van der Waals surface area (Å²) in [6.45, 7) is 4.94. The molecule has 0 bridgehead atoms. The van der Waals surface area contributed by atoms with Gasteiger partial charge in [0.1, 0.15) is 0 Å². The molecule has 1 aromatic carbocycles. The van der Waals surface area contributed by atoms with Crippen molar-refractivity contribution in [3.8, 4) is 0 Å². The third-order valence-corrected chi connectivity index (χ3v) is 4.27. The van der Waals surface area contributed by atoms with Crippen LogP contribution in [0.1, 0.15) is 37.8 Å². The Labute approximate surface area is 119 Å². The third kappa shape index (κ3) is 2.16. The lowest BCUT2D eigenvalue weighted by molar-refractivity contribution is -0.149. The normalized spacial score (nSPS) is 24.3. The fourth-order valence-electron chi connectivity index (χ4n) is 3.33. The molecule has 0 saturated carbocycles. The van der Waals surface area contributed by atoms with Gasteiger partial charge in [0, 0.05) is 0 Å². The highest BCUT2D eigenvalue weighted by molar-refractivity contribution is 5.80. The summed E-state index contributed by atoms with van der Waals surface area (Å²) in [7, 11) is 0. The number of benzene rings is 1. The molecule has 3 rings (SSSR count). The molecule has 0 saturated heterocycles. The van der Waals surface area contributed by atoms with Crippen LogP contribution in [-0.4, -0.2) is 24.8 Å². The maximum atomic E-state index is 11.9. The van der Waals surface area contributed by atoms with E-state index in [-0.39, 0.29) is 5.97 Å². The van der Waals surface area contributed by atoms with Gasteiger partial charge in [-0.25, -0.2) is 0 Å². The largest absolute Gasteiger partial charge is 0.466 e. The fraction of sp³-hybridized carbons (Fsp3) is 0.471. The van der Waals surface area contributed by atoms with E-state index in [0.29, 0.717) is 19.6 Å². The highest BCUT2D eigenvalue weighted by Crippen LogP contribution is 2.45. The van der Waals surface area contributed by atoms with E-state index in [1.165, 1.54) is 22.3 Å². The molecule has 2 aliphatic rings. The van der Waals surface area contributed by atoms with Gasteiger partial charge in [-0.2, -0.15) is 0 Å². The number of fused-ring (bicyclic) bond motifs is 2. The van der Waals surface area contributed by atoms with Gasteiger partial charge in [-0.05, 0) is 49.0 Å². The maximum Gasteiger partial charge on any atom is 0.309 e. The number of hydrogen-bond donors (Lipinski definition) is 0. The molecule has 1 atom stereocenters. The molecule has 1 heterocycles. The summed E-state index contributed by atoms with van der Waals surface area (Å²) >= 11 is 0. The summed E-state index contributed by atoms with van der Waals surface area (Å²) in [5, 5.41) is 0. The van der Waals surface area contributed by atoms with Crippen LogP contribution in [0.15, 0.2) is 29.8 Å². The first kappa shape index (κ1) is 13.4. The van der Waals surface area contributed by atoms with Crippen molar-refractivity contribution >= 4 is 11.5 Å². The highest BCUT2D eigenvalue weighted by atomic mass is 16.5. The molecule has 3 nitrogen and oxygen atoms in total. The average molecular weight is 272 g/mol. The predicted molar refractivity (Wildman–Crippen MR) is 77.3 cm³/mol. The summed E-state index contributed by atoms with van der Waals surface area (Å²) < 4.78 is 11.1. The van der Waals surface area contributed by atoms with Crippen molar-refractivity contribution in [1.82, 2.24) is 0 Å². The summed E-state index contributed by atoms with van der Waals surface area (Å²) in [5.41, 5.74) is 4.80. The summed E-state index contributed by atoms with van der Waals surface area (Å²) in [5.74, 6) is -0.181. The fourth-order valence-corrected chi connectivity index (χ4v) is 3.33. The Kier molecular flexibility index (Phi) is 3.38. The van der Waals surface area contributed by atoms with Crippen molar-refractivity contribution in [2.24, 2.45) is 0 Å². The van der Waals surface area contributed by atoms with Crippen LogP contribution in [0.3, 0.4) is 0 Å². The van der Waals surface area contributed by atoms with Crippen LogP contribution in [0.5, 0.6) is 0 Å². The van der Waals surface area contributed by atoms with Gasteiger partial charge < -0.3 is 9.47 Å². The second-order valence-corrected chi connectivity index (χ2v) is 5.60. The molecule has 1 unspecified atom stereocenters. The number of carbonyl (C=O) groups excluding carboxylic acids is 1. The van der Waals surface area contributed by atoms with Crippen molar-refractivity contribution in [1.29, 1.82) is 0 Å². The molecule has 20 heavy (non-hydrogen) atoms. The van der Waals surface area contributed by atoms with Gasteiger partial charge in [0.25, 0.3) is 0 Å². The smallest absolute Gasteiger partial charge is 0.309 e. The SMILES string of the molecule is CCOC(=O)CC1(C)OCCC2=C1Cc1ccccc12. The summed E-state index contributed by atoms with van der Waals surface area (Å²) in [6.07, 6.45) is 2.12. The van der Waals surface area contributed by atoms with Crippen LogP contribution >= 0.6 is 0 Å². The molecule has 0 spiro atoms. The lowest BCUT2D eigenvalue weighted by Gasteiger charge is -2.35. The van der Waals surface area contributed by atoms with E-state index in [1.807, 2.05) is 13.8 Å². The Bertz CT molecular complexity index is 573. The van der Waals surface area contributed by atoms with Gasteiger partial charge in [0.15, 0.2) is 0 Å². The zero-order valence-electron chi connectivity index (χ0n) is 12.1. The van der Waals surface area contributed by atoms with E-state index < -0.39 is 5.60 Å². The summed E-state index contributed by atoms with van der Waals surface area (Å²) in [6, 6.07) is 8.49. The standard InChI is InChI=1S/C17H20O3/c1-3-19-16(18)11-17(2)15-10-12-6-4-5-7-13(12)14(15)8-9-20-17/h4-7H,3,8-11H2,1-2H3. The number of esters is 1. The lowest BCUT2D eigenvalue weighted by atomic mass is 9.85. The van der Waals surface area contributed by atoms with Gasteiger partial charge in [-0.1, -0.05) is 24.3 Å². The Morgan fingerprint density at radius 2 is 2.20 bits per heavy atom. The Hall–Kier alpha value is -1.61. The molecule has 0 radical (unpaired) electrons. The van der Waals surface area contributed by atoms with Crippen LogP contribution in [0.25, 0.3) is 5.57 Å². The molecule has 1 aliphatic heterocycles. The first-order valence-corrected chi connectivity index (χ1v) is 7.24. The minimum Gasteiger partial charge on any atom is -0.466 e. The zero-order chi connectivity index (χ0) is 14.2. The lowest BCUT2D eigenvalue weighted by Crippen LogP contribution is -2.38. The van der Waals surface area contributed by atoms with Gasteiger partial charge in [0.05, 0.1) is 25.2 Å². The second kappa shape index (κ2) is 5.06. The van der Waals surface area contributed by atoms with Crippen molar-refractivity contribution in [3.05, 3.63) is 41.0 Å². The molecule has 0 fully saturated rings. The van der Waals surface area contributed by atoms with Crippen LogP contribution < -0.4 is 0 Å². The molecule has 106 valence electrons. The van der Waals surface area contributed by atoms with Gasteiger partial charge in [-0.15, -0.1) is 0 Å². The molecule has 1 aliphatic carbocycles. The van der Waals surface area contributed by atoms with E-state index in [0.717, 1.165) is 12.8 Å². The molecule has 1 aromatic rings. The number of carbonyl (C=O) groups is 1. The molecule has 0 amide bonds. The first-order chi connectivity index (χ1) is 9.64. The minimum atomic E-state index is -0.515. The molecule has 0 aromatic heterocycles. The highest BCUT2D eigenvalue weighted by Gasteiger charge is 2.41. The molecular formula is C17H20O3. The zero-order valence-corrected chi connectivity index (χ0v) is 12.1. The summed E-state index contributed by atoms with van der Waals surface area (Å²) in [4.78, 5) is 11.9. The van der Waals surface area contributed by atoms with Crippen LogP contribution in [-0.2, 0) is 20.7 Å². The molecule has 0 N–H and O–H groups in total. The van der Waals surface area contributed by atoms with Crippen LogP contribution in [0, 0.1) is 0 Å². The number of ether oxygens (including phenoxy) is 2. The van der Waals surface area contributed by atoms with Crippen molar-refractivity contribution in [2.75, 3.05) is 13.2 Å². The Morgan fingerprint density at radius 1 is 1.40 bits per heavy atom. The van der Waals surface area contributed by atoms with E-state index in [1.54, 1.807) is 0 Å². The quantitative estimate of drug-likeness (QED) is 0.793. The van der Waals surface area contributed by atoms with Gasteiger partial charge in [-0.3, -0.25) is 4.79 Å². The Morgan fingerprint density at radius 3 is 3.00 bits per heavy atom. The predicted octanol–water partition coefficient (Wildman–Crippen LogP) is 3.13. The van der Waals surface area contributed by atoms with Crippen molar-refractivity contribution in [2.45, 2.75) is 38.7 Å². The number of rotatable bonds is 3. The topological polar surface area (TPSA) is 35.5 Å². The Balaban J connectivity index is 1.92. The number of hydrogen-bond acceptors (Lipinski definition) is 3. The first-order valence-electron chi connectivity index (χ1n) is 7.24. The average Bonchev–Trinajstić information content (AvgIpc) is 2.79. The van der Waals surface area contributed by atoms with Crippen molar-refractivity contribution in [3.63, 3.8) is 0 Å². The second-order valence-electron chi connectivity index (χ2n) is 5.60. The van der Waals surface area contributed by atoms with Crippen LogP contribution in [0.2, 0.25) is 0 Å². The monoisotopic (exact) mass is 272 g/mol. The molecule has 3 heteroatoms. The van der Waals surface area contributed by atoms with Gasteiger partial charge >= 0.3 is 5.97 Å². The maximum absolute atomic E-state index is 11.9. The minimum absolute atomic E-state index is 0.181. The van der Waals surface area contributed by atoms with E-state index in [4.69, 9.17) is 9.47 Å².